The van der Waals surface area contributed by atoms with Gasteiger partial charge in [-0.1, -0.05) is 91.0 Å². The van der Waals surface area contributed by atoms with E-state index in [1.54, 1.807) is 0 Å². The van der Waals surface area contributed by atoms with E-state index in [4.69, 9.17) is 0 Å². The van der Waals surface area contributed by atoms with Gasteiger partial charge in [0.05, 0.1) is 10.7 Å². The zero-order valence-electron chi connectivity index (χ0n) is 14.8. The van der Waals surface area contributed by atoms with Gasteiger partial charge in [0.1, 0.15) is 11.2 Å². The Morgan fingerprint density at radius 1 is 0.714 bits per heavy atom. The zero-order chi connectivity index (χ0) is 19.6. The molecule has 0 unspecified atom stereocenters. The second-order valence-corrected chi connectivity index (χ2v) is 7.25. The monoisotopic (exact) mass is 438 g/mol. The molecule has 0 spiro atoms. The summed E-state index contributed by atoms with van der Waals surface area (Å²) in [5, 5.41) is 4.43. The van der Waals surface area contributed by atoms with Crippen LogP contribution in [0.5, 0.6) is 0 Å². The molecule has 1 heterocycles. The van der Waals surface area contributed by atoms with Crippen molar-refractivity contribution in [2.24, 2.45) is 0 Å². The summed E-state index contributed by atoms with van der Waals surface area (Å²) in [6.45, 7) is 0. The van der Waals surface area contributed by atoms with Crippen LogP contribution in [-0.2, 0) is 5.54 Å². The van der Waals surface area contributed by atoms with E-state index in [9.17, 15) is 8.78 Å². The van der Waals surface area contributed by atoms with E-state index in [-0.39, 0.29) is 10.2 Å². The van der Waals surface area contributed by atoms with Crippen LogP contribution in [0.3, 0.4) is 0 Å². The number of halogens is 3. The van der Waals surface area contributed by atoms with Gasteiger partial charge in [-0.15, -0.1) is 0 Å². The second kappa shape index (κ2) is 7.68. The maximum Gasteiger partial charge on any atom is 0.281 e. The Morgan fingerprint density at radius 2 is 1.11 bits per heavy atom. The summed E-state index contributed by atoms with van der Waals surface area (Å²) in [5.74, 6) is 0. The molecule has 5 heteroatoms. The molecule has 28 heavy (non-hydrogen) atoms. The van der Waals surface area contributed by atoms with Gasteiger partial charge in [0.15, 0.2) is 0 Å². The van der Waals surface area contributed by atoms with Crippen molar-refractivity contribution >= 4 is 15.9 Å². The molecule has 0 N–H and O–H groups in total. The lowest BCUT2D eigenvalue weighted by molar-refractivity contribution is 0.134. The molecule has 140 valence electrons. The predicted molar refractivity (Wildman–Crippen MR) is 109 cm³/mol. The molecule has 0 bridgehead atoms. The van der Waals surface area contributed by atoms with Gasteiger partial charge in [0, 0.05) is 0 Å². The van der Waals surface area contributed by atoms with Crippen molar-refractivity contribution in [1.82, 2.24) is 9.78 Å². The Balaban J connectivity index is 2.18. The summed E-state index contributed by atoms with van der Waals surface area (Å²) >= 11 is 3.26. The Kier molecular flexibility index (Phi) is 5.09. The average molecular weight is 439 g/mol. The number of nitrogens with zero attached hydrogens (tertiary/aromatic N) is 2. The summed E-state index contributed by atoms with van der Waals surface area (Å²) in [7, 11) is 0. The molecule has 0 aliphatic carbocycles. The third-order valence-corrected chi connectivity index (χ3v) is 5.47. The quantitative estimate of drug-likeness (QED) is 0.328. The van der Waals surface area contributed by atoms with Gasteiger partial charge in [-0.05, 0) is 32.6 Å². The molecule has 1 aromatic heterocycles. The average Bonchev–Trinajstić information content (AvgIpc) is 3.13. The lowest BCUT2D eigenvalue weighted by atomic mass is 9.77. The number of alkyl halides is 2. The summed E-state index contributed by atoms with van der Waals surface area (Å²) in [4.78, 5) is 0. The number of aromatic nitrogens is 2. The first-order valence-electron chi connectivity index (χ1n) is 8.84. The molecule has 3 aromatic carbocycles. The minimum Gasteiger partial charge on any atom is -0.243 e. The van der Waals surface area contributed by atoms with Crippen LogP contribution in [0.15, 0.2) is 102 Å². The van der Waals surface area contributed by atoms with E-state index >= 15 is 0 Å². The first-order valence-corrected chi connectivity index (χ1v) is 9.63. The van der Waals surface area contributed by atoms with Crippen LogP contribution in [0.25, 0.3) is 0 Å². The maximum atomic E-state index is 14.1. The van der Waals surface area contributed by atoms with Crippen molar-refractivity contribution in [3.8, 4) is 0 Å². The van der Waals surface area contributed by atoms with Crippen LogP contribution in [0, 0.1) is 0 Å². The lowest BCUT2D eigenvalue weighted by Gasteiger charge is -2.37. The topological polar surface area (TPSA) is 17.8 Å². The standard InChI is InChI=1S/C23H17BrF2N2/c24-20-16-27-28(21(20)22(25)26)23(17-10-4-1-5-11-17,18-12-6-2-7-13-18)19-14-8-3-9-15-19/h1-16,22H. The highest BCUT2D eigenvalue weighted by Crippen LogP contribution is 2.43. The van der Waals surface area contributed by atoms with Gasteiger partial charge in [-0.25, -0.2) is 13.5 Å². The third kappa shape index (κ3) is 2.96. The fraction of sp³-hybridized carbons (Fsp3) is 0.0870. The summed E-state index contributed by atoms with van der Waals surface area (Å²) in [6.07, 6.45) is -1.25. The first-order chi connectivity index (χ1) is 13.7. The lowest BCUT2D eigenvalue weighted by Crippen LogP contribution is -2.39. The molecular weight excluding hydrogens is 422 g/mol. The molecule has 0 radical (unpaired) electrons. The molecule has 2 nitrogen and oxygen atoms in total. The van der Waals surface area contributed by atoms with Crippen molar-refractivity contribution < 1.29 is 8.78 Å². The zero-order valence-corrected chi connectivity index (χ0v) is 16.4. The van der Waals surface area contributed by atoms with Gasteiger partial charge in [-0.3, -0.25) is 0 Å². The first kappa shape index (κ1) is 18.6. The van der Waals surface area contributed by atoms with Crippen LogP contribution in [0.1, 0.15) is 28.8 Å². The Bertz CT molecular complexity index is 951. The second-order valence-electron chi connectivity index (χ2n) is 6.40. The molecule has 0 aliphatic heterocycles. The molecule has 0 amide bonds. The van der Waals surface area contributed by atoms with E-state index in [0.29, 0.717) is 0 Å². The van der Waals surface area contributed by atoms with E-state index < -0.39 is 12.0 Å². The predicted octanol–water partition coefficient (Wildman–Crippen LogP) is 6.42. The number of rotatable bonds is 5. The molecule has 0 saturated heterocycles. The van der Waals surface area contributed by atoms with Gasteiger partial charge in [0.25, 0.3) is 6.43 Å². The summed E-state index contributed by atoms with van der Waals surface area (Å²) in [6, 6.07) is 28.9. The highest BCUT2D eigenvalue weighted by Gasteiger charge is 2.42. The van der Waals surface area contributed by atoms with Crippen LogP contribution in [0.4, 0.5) is 8.78 Å². The molecule has 4 rings (SSSR count). The van der Waals surface area contributed by atoms with Crippen molar-refractivity contribution in [3.63, 3.8) is 0 Å². The van der Waals surface area contributed by atoms with Gasteiger partial charge in [-0.2, -0.15) is 5.10 Å². The van der Waals surface area contributed by atoms with Gasteiger partial charge in [0.2, 0.25) is 0 Å². The fourth-order valence-electron chi connectivity index (χ4n) is 3.71. The molecule has 0 fully saturated rings. The molecule has 0 saturated carbocycles. The van der Waals surface area contributed by atoms with Crippen LogP contribution in [-0.4, -0.2) is 9.78 Å². The summed E-state index contributed by atoms with van der Waals surface area (Å²) < 4.78 is 29.9. The third-order valence-electron chi connectivity index (χ3n) is 4.86. The van der Waals surface area contributed by atoms with Crippen molar-refractivity contribution in [3.05, 3.63) is 124 Å². The SMILES string of the molecule is FC(F)c1c(Br)cnn1C(c1ccccc1)(c1ccccc1)c1ccccc1. The number of hydrogen-bond donors (Lipinski definition) is 0. The Hall–Kier alpha value is -2.79. The van der Waals surface area contributed by atoms with E-state index in [1.165, 1.54) is 10.9 Å². The summed E-state index contributed by atoms with van der Waals surface area (Å²) in [5.41, 5.74) is 1.36. The normalized spacial score (nSPS) is 11.7. The highest BCUT2D eigenvalue weighted by atomic mass is 79.9. The molecule has 0 aliphatic rings. The fourth-order valence-corrected chi connectivity index (χ4v) is 4.14. The van der Waals surface area contributed by atoms with Gasteiger partial charge >= 0.3 is 0 Å². The van der Waals surface area contributed by atoms with Crippen LogP contribution < -0.4 is 0 Å². The maximum absolute atomic E-state index is 14.1. The molecular formula is C23H17BrF2N2. The Labute approximate surface area is 170 Å². The van der Waals surface area contributed by atoms with Crippen molar-refractivity contribution in [2.75, 3.05) is 0 Å². The Morgan fingerprint density at radius 3 is 1.46 bits per heavy atom. The van der Waals surface area contributed by atoms with Crippen LogP contribution in [0.2, 0.25) is 0 Å². The minimum absolute atomic E-state index is 0.156. The van der Waals surface area contributed by atoms with Crippen LogP contribution >= 0.6 is 15.9 Å². The highest BCUT2D eigenvalue weighted by molar-refractivity contribution is 9.10. The van der Waals surface area contributed by atoms with Crippen molar-refractivity contribution in [2.45, 2.75) is 12.0 Å². The molecule has 4 aromatic rings. The smallest absolute Gasteiger partial charge is 0.243 e. The molecule has 0 atom stereocenters. The van der Waals surface area contributed by atoms with Crippen molar-refractivity contribution in [1.29, 1.82) is 0 Å². The van der Waals surface area contributed by atoms with E-state index in [1.807, 2.05) is 91.0 Å². The largest absolute Gasteiger partial charge is 0.281 e. The number of benzene rings is 3. The minimum atomic E-state index is -2.69. The number of hydrogen-bond acceptors (Lipinski definition) is 1. The van der Waals surface area contributed by atoms with E-state index in [2.05, 4.69) is 21.0 Å². The van der Waals surface area contributed by atoms with Gasteiger partial charge < -0.3 is 0 Å². The van der Waals surface area contributed by atoms with E-state index in [0.717, 1.165) is 16.7 Å².